The van der Waals surface area contributed by atoms with Gasteiger partial charge in [-0.3, -0.25) is 4.79 Å². The molecule has 2 nitrogen and oxygen atoms in total. The van der Waals surface area contributed by atoms with Crippen LogP contribution in [-0.2, 0) is 10.2 Å². The molecule has 1 heterocycles. The number of hydrogen-bond donors (Lipinski definition) is 0. The maximum atomic E-state index is 11.8. The van der Waals surface area contributed by atoms with Crippen LogP contribution >= 0.6 is 27.5 Å². The van der Waals surface area contributed by atoms with Gasteiger partial charge in [-0.05, 0) is 17.7 Å². The maximum Gasteiger partial charge on any atom is 0.223 e. The third kappa shape index (κ3) is 3.07. The van der Waals surface area contributed by atoms with Crippen molar-refractivity contribution < 1.29 is 4.79 Å². The molecule has 1 aliphatic rings. The number of amides is 1. The van der Waals surface area contributed by atoms with E-state index in [2.05, 4.69) is 35.8 Å². The lowest BCUT2D eigenvalue weighted by molar-refractivity contribution is -0.128. The van der Waals surface area contributed by atoms with Crippen molar-refractivity contribution in [2.45, 2.75) is 30.5 Å². The number of likely N-dealkylation sites (tertiary alicyclic amines) is 1. The summed E-state index contributed by atoms with van der Waals surface area (Å²) in [7, 11) is 0. The summed E-state index contributed by atoms with van der Waals surface area (Å²) in [5, 5.41) is 0.742. The van der Waals surface area contributed by atoms with Crippen molar-refractivity contribution in [3.05, 3.63) is 34.9 Å². The third-order valence-corrected chi connectivity index (χ3v) is 4.21. The molecule has 1 saturated heterocycles. The van der Waals surface area contributed by atoms with Crippen LogP contribution in [0.3, 0.4) is 0 Å². The molecule has 0 aliphatic carbocycles. The molecular weight excluding hydrogens is 314 g/mol. The molecule has 0 spiro atoms. The summed E-state index contributed by atoms with van der Waals surface area (Å²) in [6.07, 6.45) is 0.603. The highest BCUT2D eigenvalue weighted by Gasteiger charge is 2.33. The van der Waals surface area contributed by atoms with E-state index in [0.717, 1.165) is 18.1 Å². The van der Waals surface area contributed by atoms with Crippen molar-refractivity contribution in [2.24, 2.45) is 0 Å². The van der Waals surface area contributed by atoms with E-state index in [-0.39, 0.29) is 11.3 Å². The number of alkyl halides is 1. The fourth-order valence-electron chi connectivity index (χ4n) is 2.35. The lowest BCUT2D eigenvalue weighted by Crippen LogP contribution is -2.38. The van der Waals surface area contributed by atoms with Gasteiger partial charge in [-0.15, -0.1) is 0 Å². The number of carbonyl (C=O) groups excluding carboxylic acids is 1. The van der Waals surface area contributed by atoms with Gasteiger partial charge in [0.1, 0.15) is 0 Å². The molecule has 0 bridgehead atoms. The minimum Gasteiger partial charge on any atom is -0.341 e. The predicted molar refractivity (Wildman–Crippen MR) is 78.4 cm³/mol. The van der Waals surface area contributed by atoms with Gasteiger partial charge in [0.2, 0.25) is 5.91 Å². The number of rotatable bonds is 3. The van der Waals surface area contributed by atoms with E-state index in [0.29, 0.717) is 11.2 Å². The smallest absolute Gasteiger partial charge is 0.223 e. The maximum absolute atomic E-state index is 11.8. The Balaban J connectivity index is 2.14. The molecule has 1 aromatic carbocycles. The predicted octanol–water partition coefficient (Wildman–Crippen LogP) is 3.61. The van der Waals surface area contributed by atoms with Gasteiger partial charge in [0.25, 0.3) is 0 Å². The van der Waals surface area contributed by atoms with Crippen molar-refractivity contribution in [3.8, 4) is 0 Å². The summed E-state index contributed by atoms with van der Waals surface area (Å²) in [5.41, 5.74) is 1.08. The Kier molecular flexibility index (Phi) is 4.02. The standard InChI is InChI=1S/C14H17BrClNO/c1-14(2,10-4-3-5-12(16)6-10)9-17-8-11(15)7-13(17)18/h3-6,11H,7-9H2,1-2H3. The van der Waals surface area contributed by atoms with Crippen LogP contribution in [0.4, 0.5) is 0 Å². The Morgan fingerprint density at radius 3 is 2.78 bits per heavy atom. The topological polar surface area (TPSA) is 20.3 Å². The number of carbonyl (C=O) groups is 1. The van der Waals surface area contributed by atoms with Crippen LogP contribution in [0.1, 0.15) is 25.8 Å². The molecule has 1 amide bonds. The molecule has 1 aliphatic heterocycles. The third-order valence-electron chi connectivity index (χ3n) is 3.36. The molecule has 0 N–H and O–H groups in total. The van der Waals surface area contributed by atoms with E-state index in [1.54, 1.807) is 0 Å². The van der Waals surface area contributed by atoms with Gasteiger partial charge in [0.15, 0.2) is 0 Å². The number of halogens is 2. The van der Waals surface area contributed by atoms with Crippen molar-refractivity contribution in [2.75, 3.05) is 13.1 Å². The van der Waals surface area contributed by atoms with Gasteiger partial charge in [-0.1, -0.05) is 53.5 Å². The van der Waals surface area contributed by atoms with E-state index < -0.39 is 0 Å². The number of nitrogens with zero attached hydrogens (tertiary/aromatic N) is 1. The van der Waals surface area contributed by atoms with Gasteiger partial charge in [0.05, 0.1) is 0 Å². The molecule has 18 heavy (non-hydrogen) atoms. The van der Waals surface area contributed by atoms with Gasteiger partial charge in [0, 0.05) is 34.8 Å². The average Bonchev–Trinajstić information content (AvgIpc) is 2.56. The summed E-state index contributed by atoms with van der Waals surface area (Å²) in [4.78, 5) is 14.1. The van der Waals surface area contributed by atoms with Crippen LogP contribution < -0.4 is 0 Å². The van der Waals surface area contributed by atoms with Crippen LogP contribution in [0, 0.1) is 0 Å². The molecule has 4 heteroatoms. The SMILES string of the molecule is CC(C)(CN1CC(Br)CC1=O)c1cccc(Cl)c1. The molecule has 2 rings (SSSR count). The Bertz CT molecular complexity index is 461. The average molecular weight is 331 g/mol. The van der Waals surface area contributed by atoms with Gasteiger partial charge < -0.3 is 4.90 Å². The summed E-state index contributed by atoms with van der Waals surface area (Å²) in [6, 6.07) is 7.88. The molecule has 1 aromatic rings. The first-order valence-corrected chi connectivity index (χ1v) is 7.36. The van der Waals surface area contributed by atoms with Crippen molar-refractivity contribution in [1.82, 2.24) is 4.90 Å². The molecule has 1 fully saturated rings. The number of hydrogen-bond acceptors (Lipinski definition) is 1. The Morgan fingerprint density at radius 2 is 2.22 bits per heavy atom. The quantitative estimate of drug-likeness (QED) is 0.775. The summed E-state index contributed by atoms with van der Waals surface area (Å²) in [6.45, 7) is 5.82. The van der Waals surface area contributed by atoms with E-state index in [1.807, 2.05) is 23.1 Å². The van der Waals surface area contributed by atoms with E-state index in [1.165, 1.54) is 5.56 Å². The van der Waals surface area contributed by atoms with Crippen molar-refractivity contribution >= 4 is 33.4 Å². The molecule has 0 radical (unpaired) electrons. The first kappa shape index (κ1) is 13.9. The second-order valence-electron chi connectivity index (χ2n) is 5.47. The Hall–Kier alpha value is -0.540. The molecule has 1 unspecified atom stereocenters. The van der Waals surface area contributed by atoms with E-state index in [9.17, 15) is 4.79 Å². The normalized spacial score (nSPS) is 20.6. The zero-order chi connectivity index (χ0) is 13.3. The summed E-state index contributed by atoms with van der Waals surface area (Å²) < 4.78 is 0. The van der Waals surface area contributed by atoms with Crippen LogP contribution in [0.15, 0.2) is 24.3 Å². The van der Waals surface area contributed by atoms with Crippen LogP contribution in [0.2, 0.25) is 5.02 Å². The van der Waals surface area contributed by atoms with Crippen LogP contribution in [0.25, 0.3) is 0 Å². The molecule has 0 saturated carbocycles. The fraction of sp³-hybridized carbons (Fsp3) is 0.500. The highest BCUT2D eigenvalue weighted by Crippen LogP contribution is 2.29. The van der Waals surface area contributed by atoms with Crippen LogP contribution in [-0.4, -0.2) is 28.7 Å². The molecule has 1 atom stereocenters. The lowest BCUT2D eigenvalue weighted by atomic mass is 9.84. The monoisotopic (exact) mass is 329 g/mol. The zero-order valence-electron chi connectivity index (χ0n) is 10.6. The summed E-state index contributed by atoms with van der Waals surface area (Å²) >= 11 is 9.54. The molecule has 98 valence electrons. The minimum atomic E-state index is -0.0857. The molecule has 0 aromatic heterocycles. The first-order valence-electron chi connectivity index (χ1n) is 6.06. The highest BCUT2D eigenvalue weighted by molar-refractivity contribution is 9.09. The van der Waals surface area contributed by atoms with Crippen LogP contribution in [0.5, 0.6) is 0 Å². The van der Waals surface area contributed by atoms with Gasteiger partial charge in [-0.25, -0.2) is 0 Å². The van der Waals surface area contributed by atoms with Crippen molar-refractivity contribution in [3.63, 3.8) is 0 Å². The van der Waals surface area contributed by atoms with Gasteiger partial charge >= 0.3 is 0 Å². The largest absolute Gasteiger partial charge is 0.341 e. The Labute approximate surface area is 121 Å². The molecular formula is C14H17BrClNO. The summed E-state index contributed by atoms with van der Waals surface area (Å²) in [5.74, 6) is 0.229. The number of benzene rings is 1. The highest BCUT2D eigenvalue weighted by atomic mass is 79.9. The Morgan fingerprint density at radius 1 is 1.50 bits per heavy atom. The van der Waals surface area contributed by atoms with E-state index in [4.69, 9.17) is 11.6 Å². The zero-order valence-corrected chi connectivity index (χ0v) is 13.0. The second-order valence-corrected chi connectivity index (χ2v) is 7.20. The van der Waals surface area contributed by atoms with E-state index >= 15 is 0 Å². The van der Waals surface area contributed by atoms with Gasteiger partial charge in [-0.2, -0.15) is 0 Å². The first-order chi connectivity index (χ1) is 8.38. The second kappa shape index (κ2) is 5.22. The lowest BCUT2D eigenvalue weighted by Gasteiger charge is -2.31. The minimum absolute atomic E-state index is 0.0857. The fourth-order valence-corrected chi connectivity index (χ4v) is 3.17. The van der Waals surface area contributed by atoms with Crippen molar-refractivity contribution in [1.29, 1.82) is 0 Å².